The first-order chi connectivity index (χ1) is 10.4. The number of ether oxygens (including phenoxy) is 2. The Kier molecular flexibility index (Phi) is 3.84. The molecule has 2 fully saturated rings. The lowest BCUT2D eigenvalue weighted by atomic mass is 9.76. The number of hydrogen-bond donors (Lipinski definition) is 2. The summed E-state index contributed by atoms with van der Waals surface area (Å²) in [6, 6.07) is 4.04. The number of sulfonamides is 1. The molecule has 1 saturated heterocycles. The minimum Gasteiger partial charge on any atom is -0.496 e. The zero-order valence-electron chi connectivity index (χ0n) is 12.1. The Balaban J connectivity index is 1.81. The van der Waals surface area contributed by atoms with Crippen LogP contribution in [0.15, 0.2) is 23.1 Å². The Hall–Kier alpha value is -1.64. The third kappa shape index (κ3) is 2.69. The van der Waals surface area contributed by atoms with Gasteiger partial charge >= 0.3 is 0 Å². The molecule has 0 bridgehead atoms. The molecule has 0 aromatic heterocycles. The predicted octanol–water partition coefficient (Wildman–Crippen LogP) is 0.250. The van der Waals surface area contributed by atoms with Crippen LogP contribution in [0.5, 0.6) is 5.75 Å². The minimum atomic E-state index is -3.87. The molecular formula is C14H18N2O5S. The summed E-state index contributed by atoms with van der Waals surface area (Å²) in [6.45, 7) is 0.728. The van der Waals surface area contributed by atoms with Crippen LogP contribution in [0.2, 0.25) is 0 Å². The van der Waals surface area contributed by atoms with Gasteiger partial charge in [-0.2, -0.15) is 0 Å². The number of nitrogens with one attached hydrogen (secondary N) is 1. The second-order valence-corrected chi connectivity index (χ2v) is 7.15. The summed E-state index contributed by atoms with van der Waals surface area (Å²) in [4.78, 5) is 12.3. The molecule has 3 N–H and O–H groups in total. The molecule has 1 saturated carbocycles. The van der Waals surface area contributed by atoms with Gasteiger partial charge in [-0.15, -0.1) is 0 Å². The van der Waals surface area contributed by atoms with Crippen molar-refractivity contribution in [3.63, 3.8) is 0 Å². The Labute approximate surface area is 128 Å². The molecule has 0 radical (unpaired) electrons. The van der Waals surface area contributed by atoms with E-state index in [0.717, 1.165) is 19.4 Å². The van der Waals surface area contributed by atoms with Crippen LogP contribution in [0.25, 0.3) is 0 Å². The zero-order valence-corrected chi connectivity index (χ0v) is 12.9. The number of fused-ring (bicyclic) bond motifs is 1. The van der Waals surface area contributed by atoms with Crippen LogP contribution in [-0.4, -0.2) is 40.2 Å². The fourth-order valence-corrected chi connectivity index (χ4v) is 3.59. The molecule has 1 heterocycles. The molecule has 3 atom stereocenters. The van der Waals surface area contributed by atoms with Crippen molar-refractivity contribution in [3.8, 4) is 5.75 Å². The van der Waals surface area contributed by atoms with E-state index in [1.54, 1.807) is 0 Å². The summed E-state index contributed by atoms with van der Waals surface area (Å²) >= 11 is 0. The summed E-state index contributed by atoms with van der Waals surface area (Å²) in [7, 11) is -2.45. The van der Waals surface area contributed by atoms with Gasteiger partial charge in [0.25, 0.3) is 5.91 Å². The molecule has 3 rings (SSSR count). The zero-order chi connectivity index (χ0) is 15.9. The molecular weight excluding hydrogens is 308 g/mol. The smallest absolute Gasteiger partial charge is 0.255 e. The van der Waals surface area contributed by atoms with E-state index in [0.29, 0.717) is 11.7 Å². The predicted molar refractivity (Wildman–Crippen MR) is 78.1 cm³/mol. The standard InChI is InChI=1S/C14H18N2O5S/c1-20-12-3-2-8(22(15,18)19)6-10(12)14(17)16-11-7-13-9(11)4-5-21-13/h2-3,6,9,11,13H,4-5,7H2,1H3,(H,16,17)(H2,15,18,19)/t9-,11+,13+/m1/s1. The fraction of sp³-hybridized carbons (Fsp3) is 0.500. The number of amides is 1. The molecule has 1 aliphatic carbocycles. The highest BCUT2D eigenvalue weighted by Crippen LogP contribution is 2.38. The lowest BCUT2D eigenvalue weighted by molar-refractivity contribution is 0.00806. The van der Waals surface area contributed by atoms with Crippen LogP contribution < -0.4 is 15.2 Å². The summed E-state index contributed by atoms with van der Waals surface area (Å²) in [5.41, 5.74) is 0.163. The SMILES string of the molecule is COc1ccc(S(N)(=O)=O)cc1C(=O)N[C@H]1C[C@@H]2OCC[C@H]12. The topological polar surface area (TPSA) is 108 Å². The summed E-state index contributed by atoms with van der Waals surface area (Å²) in [5, 5.41) is 8.03. The van der Waals surface area contributed by atoms with Gasteiger partial charge in [0.1, 0.15) is 5.75 Å². The average molecular weight is 326 g/mol. The van der Waals surface area contributed by atoms with Crippen molar-refractivity contribution in [2.45, 2.75) is 29.9 Å². The largest absolute Gasteiger partial charge is 0.496 e. The maximum absolute atomic E-state index is 12.4. The maximum atomic E-state index is 12.4. The van der Waals surface area contributed by atoms with Gasteiger partial charge in [-0.1, -0.05) is 0 Å². The van der Waals surface area contributed by atoms with Crippen molar-refractivity contribution in [2.24, 2.45) is 11.1 Å². The molecule has 1 aromatic rings. The quantitative estimate of drug-likeness (QED) is 0.824. The number of hydrogen-bond acceptors (Lipinski definition) is 5. The molecule has 22 heavy (non-hydrogen) atoms. The summed E-state index contributed by atoms with van der Waals surface area (Å²) < 4.78 is 33.5. The Morgan fingerprint density at radius 2 is 2.23 bits per heavy atom. The first-order valence-electron chi connectivity index (χ1n) is 7.03. The van der Waals surface area contributed by atoms with Crippen molar-refractivity contribution >= 4 is 15.9 Å². The molecule has 7 nitrogen and oxygen atoms in total. The number of nitrogens with two attached hydrogens (primary N) is 1. The molecule has 2 aliphatic rings. The minimum absolute atomic E-state index is 0.0582. The van der Waals surface area contributed by atoms with Crippen LogP contribution >= 0.6 is 0 Å². The first kappa shape index (κ1) is 15.3. The molecule has 0 unspecified atom stereocenters. The molecule has 0 spiro atoms. The highest BCUT2D eigenvalue weighted by Gasteiger charge is 2.45. The van der Waals surface area contributed by atoms with E-state index in [-0.39, 0.29) is 28.5 Å². The molecule has 1 amide bonds. The lowest BCUT2D eigenvalue weighted by Crippen LogP contribution is -2.53. The van der Waals surface area contributed by atoms with E-state index in [1.807, 2.05) is 0 Å². The van der Waals surface area contributed by atoms with Gasteiger partial charge in [0.15, 0.2) is 0 Å². The second kappa shape index (κ2) is 5.53. The number of benzene rings is 1. The fourth-order valence-electron chi connectivity index (χ4n) is 3.05. The van der Waals surface area contributed by atoms with Crippen LogP contribution in [0.4, 0.5) is 0 Å². The van der Waals surface area contributed by atoms with Crippen LogP contribution in [-0.2, 0) is 14.8 Å². The van der Waals surface area contributed by atoms with Crippen molar-refractivity contribution < 1.29 is 22.7 Å². The molecule has 1 aromatic carbocycles. The van der Waals surface area contributed by atoms with E-state index >= 15 is 0 Å². The van der Waals surface area contributed by atoms with Gasteiger partial charge in [-0.25, -0.2) is 13.6 Å². The monoisotopic (exact) mass is 326 g/mol. The highest BCUT2D eigenvalue weighted by molar-refractivity contribution is 7.89. The number of carbonyl (C=O) groups excluding carboxylic acids is 1. The summed E-state index contributed by atoms with van der Waals surface area (Å²) in [5.74, 6) is 0.289. The van der Waals surface area contributed by atoms with E-state index in [1.165, 1.54) is 25.3 Å². The van der Waals surface area contributed by atoms with Crippen LogP contribution in [0.3, 0.4) is 0 Å². The van der Waals surface area contributed by atoms with Gasteiger partial charge in [0, 0.05) is 18.6 Å². The van der Waals surface area contributed by atoms with Crippen LogP contribution in [0.1, 0.15) is 23.2 Å². The Morgan fingerprint density at radius 3 is 2.86 bits per heavy atom. The van der Waals surface area contributed by atoms with E-state index in [4.69, 9.17) is 14.6 Å². The van der Waals surface area contributed by atoms with Crippen molar-refractivity contribution in [2.75, 3.05) is 13.7 Å². The second-order valence-electron chi connectivity index (χ2n) is 5.58. The van der Waals surface area contributed by atoms with Crippen molar-refractivity contribution in [3.05, 3.63) is 23.8 Å². The molecule has 120 valence electrons. The third-order valence-corrected chi connectivity index (χ3v) is 5.24. The van der Waals surface area contributed by atoms with Gasteiger partial charge in [0.2, 0.25) is 10.0 Å². The van der Waals surface area contributed by atoms with E-state index < -0.39 is 10.0 Å². The number of primary sulfonamides is 1. The van der Waals surface area contributed by atoms with Gasteiger partial charge in [0.05, 0.1) is 23.7 Å². The van der Waals surface area contributed by atoms with Gasteiger partial charge in [-0.05, 0) is 31.0 Å². The molecule has 8 heteroatoms. The lowest BCUT2D eigenvalue weighted by Gasteiger charge is -2.39. The van der Waals surface area contributed by atoms with Crippen molar-refractivity contribution in [1.82, 2.24) is 5.32 Å². The Morgan fingerprint density at radius 1 is 1.45 bits per heavy atom. The number of carbonyl (C=O) groups is 1. The maximum Gasteiger partial charge on any atom is 0.255 e. The Bertz CT molecular complexity index is 703. The van der Waals surface area contributed by atoms with Gasteiger partial charge < -0.3 is 14.8 Å². The highest BCUT2D eigenvalue weighted by atomic mass is 32.2. The first-order valence-corrected chi connectivity index (χ1v) is 8.58. The normalized spacial score (nSPS) is 26.9. The summed E-state index contributed by atoms with van der Waals surface area (Å²) in [6.07, 6.45) is 1.96. The van der Waals surface area contributed by atoms with Crippen LogP contribution in [0, 0.1) is 5.92 Å². The van der Waals surface area contributed by atoms with Crippen molar-refractivity contribution in [1.29, 1.82) is 0 Å². The van der Waals surface area contributed by atoms with E-state index in [9.17, 15) is 13.2 Å². The average Bonchev–Trinajstić information content (AvgIpc) is 2.84. The van der Waals surface area contributed by atoms with Gasteiger partial charge in [-0.3, -0.25) is 4.79 Å². The molecule has 1 aliphatic heterocycles. The number of methoxy groups -OCH3 is 1. The third-order valence-electron chi connectivity index (χ3n) is 4.32. The van der Waals surface area contributed by atoms with E-state index in [2.05, 4.69) is 5.32 Å². The number of rotatable bonds is 4.